The van der Waals surface area contributed by atoms with E-state index in [1.807, 2.05) is 0 Å². The molecule has 0 amide bonds. The molecule has 0 spiro atoms. The van der Waals surface area contributed by atoms with E-state index in [0.717, 1.165) is 8.95 Å². The third-order valence-electron chi connectivity index (χ3n) is 1.68. The molecule has 0 fully saturated rings. The average Bonchev–Trinajstić information content (AvgIpc) is 2.28. The van der Waals surface area contributed by atoms with E-state index in [2.05, 4.69) is 31.9 Å². The van der Waals surface area contributed by atoms with Crippen LogP contribution in [0, 0.1) is 0 Å². The molecule has 2 N–H and O–H groups in total. The predicted octanol–water partition coefficient (Wildman–Crippen LogP) is 1.95. The second-order valence-electron chi connectivity index (χ2n) is 2.86. The van der Waals surface area contributed by atoms with Crippen LogP contribution in [0.1, 0.15) is 0 Å². The normalized spacial score (nSPS) is 10.2. The Labute approximate surface area is 110 Å². The standard InChI is InChI=1S/C10H12Br2O4/c11-7-6-10(16-4-2-14)8(12)5-9(7)15-3-1-13/h5-6,13-14H,1-4H2. The zero-order valence-corrected chi connectivity index (χ0v) is 11.6. The minimum Gasteiger partial charge on any atom is -0.490 e. The topological polar surface area (TPSA) is 58.9 Å². The molecule has 0 saturated heterocycles. The number of halogens is 2. The van der Waals surface area contributed by atoms with Crippen LogP contribution in [-0.4, -0.2) is 36.6 Å². The largest absolute Gasteiger partial charge is 0.490 e. The maximum atomic E-state index is 8.65. The zero-order chi connectivity index (χ0) is 12.0. The summed E-state index contributed by atoms with van der Waals surface area (Å²) in [5.41, 5.74) is 0. The number of hydrogen-bond donors (Lipinski definition) is 2. The molecule has 0 aliphatic heterocycles. The quantitative estimate of drug-likeness (QED) is 0.818. The van der Waals surface area contributed by atoms with Crippen molar-refractivity contribution < 1.29 is 19.7 Å². The van der Waals surface area contributed by atoms with Gasteiger partial charge in [0.1, 0.15) is 24.7 Å². The fraction of sp³-hybridized carbons (Fsp3) is 0.400. The molecule has 0 saturated carbocycles. The van der Waals surface area contributed by atoms with Crippen LogP contribution in [0.3, 0.4) is 0 Å². The molecule has 0 heterocycles. The molecule has 4 nitrogen and oxygen atoms in total. The van der Waals surface area contributed by atoms with Gasteiger partial charge >= 0.3 is 0 Å². The highest BCUT2D eigenvalue weighted by atomic mass is 79.9. The van der Waals surface area contributed by atoms with Crippen LogP contribution in [0.4, 0.5) is 0 Å². The van der Waals surface area contributed by atoms with E-state index in [1.165, 1.54) is 0 Å². The van der Waals surface area contributed by atoms with Crippen LogP contribution in [0.25, 0.3) is 0 Å². The second-order valence-corrected chi connectivity index (χ2v) is 4.57. The van der Waals surface area contributed by atoms with Crippen molar-refractivity contribution in [3.63, 3.8) is 0 Å². The van der Waals surface area contributed by atoms with Gasteiger partial charge in [0.2, 0.25) is 0 Å². The van der Waals surface area contributed by atoms with Crippen molar-refractivity contribution >= 4 is 31.9 Å². The fourth-order valence-corrected chi connectivity index (χ4v) is 1.92. The van der Waals surface area contributed by atoms with Gasteiger partial charge in [-0.25, -0.2) is 0 Å². The molecule has 0 bridgehead atoms. The van der Waals surface area contributed by atoms with Gasteiger partial charge in [0.25, 0.3) is 0 Å². The van der Waals surface area contributed by atoms with E-state index < -0.39 is 0 Å². The maximum absolute atomic E-state index is 8.65. The van der Waals surface area contributed by atoms with Crippen LogP contribution in [0.2, 0.25) is 0 Å². The van der Waals surface area contributed by atoms with E-state index >= 15 is 0 Å². The molecule has 0 aliphatic rings. The summed E-state index contributed by atoms with van der Waals surface area (Å²) >= 11 is 6.67. The summed E-state index contributed by atoms with van der Waals surface area (Å²) in [7, 11) is 0. The van der Waals surface area contributed by atoms with Crippen molar-refractivity contribution in [1.29, 1.82) is 0 Å². The molecule has 0 unspecified atom stereocenters. The summed E-state index contributed by atoms with van der Waals surface area (Å²) in [4.78, 5) is 0. The monoisotopic (exact) mass is 354 g/mol. The van der Waals surface area contributed by atoms with Crippen molar-refractivity contribution in [1.82, 2.24) is 0 Å². The van der Waals surface area contributed by atoms with Gasteiger partial charge in [-0.15, -0.1) is 0 Å². The molecule has 1 aromatic carbocycles. The summed E-state index contributed by atoms with van der Waals surface area (Å²) in [6.45, 7) is 0.406. The van der Waals surface area contributed by atoms with Crippen LogP contribution < -0.4 is 9.47 Å². The van der Waals surface area contributed by atoms with Crippen LogP contribution in [0.15, 0.2) is 21.1 Å². The Morgan fingerprint density at radius 1 is 0.875 bits per heavy atom. The summed E-state index contributed by atoms with van der Waals surface area (Å²) in [5.74, 6) is 1.24. The van der Waals surface area contributed by atoms with E-state index in [-0.39, 0.29) is 26.4 Å². The molecular weight excluding hydrogens is 344 g/mol. The average molecular weight is 356 g/mol. The molecule has 0 atom stereocenters. The smallest absolute Gasteiger partial charge is 0.134 e. The summed E-state index contributed by atoms with van der Waals surface area (Å²) < 4.78 is 12.1. The fourth-order valence-electron chi connectivity index (χ4n) is 1.04. The van der Waals surface area contributed by atoms with Crippen molar-refractivity contribution in [3.05, 3.63) is 21.1 Å². The zero-order valence-electron chi connectivity index (χ0n) is 8.45. The lowest BCUT2D eigenvalue weighted by molar-refractivity contribution is 0.196. The highest BCUT2D eigenvalue weighted by Gasteiger charge is 2.08. The predicted molar refractivity (Wildman–Crippen MR) is 67.0 cm³/mol. The van der Waals surface area contributed by atoms with Crippen molar-refractivity contribution in [2.45, 2.75) is 0 Å². The molecule has 90 valence electrons. The van der Waals surface area contributed by atoms with E-state index in [0.29, 0.717) is 11.5 Å². The van der Waals surface area contributed by atoms with Gasteiger partial charge in [-0.3, -0.25) is 0 Å². The van der Waals surface area contributed by atoms with Gasteiger partial charge in [0.05, 0.1) is 22.2 Å². The summed E-state index contributed by atoms with van der Waals surface area (Å²) in [6.07, 6.45) is 0. The lowest BCUT2D eigenvalue weighted by atomic mass is 10.3. The van der Waals surface area contributed by atoms with Gasteiger partial charge in [0.15, 0.2) is 0 Å². The third kappa shape index (κ3) is 3.93. The summed E-state index contributed by atoms with van der Waals surface area (Å²) in [5, 5.41) is 17.3. The van der Waals surface area contributed by atoms with Crippen LogP contribution >= 0.6 is 31.9 Å². The van der Waals surface area contributed by atoms with Gasteiger partial charge < -0.3 is 19.7 Å². The molecule has 0 aromatic heterocycles. The second kappa shape index (κ2) is 7.11. The molecule has 1 aromatic rings. The van der Waals surface area contributed by atoms with Crippen LogP contribution in [0.5, 0.6) is 11.5 Å². The first-order valence-electron chi connectivity index (χ1n) is 4.65. The van der Waals surface area contributed by atoms with Crippen LogP contribution in [-0.2, 0) is 0 Å². The van der Waals surface area contributed by atoms with Crippen molar-refractivity contribution in [2.24, 2.45) is 0 Å². The number of aliphatic hydroxyl groups excluding tert-OH is 2. The lowest BCUT2D eigenvalue weighted by Gasteiger charge is -2.11. The van der Waals surface area contributed by atoms with E-state index in [9.17, 15) is 0 Å². The first-order chi connectivity index (χ1) is 7.69. The Kier molecular flexibility index (Phi) is 6.12. The Balaban J connectivity index is 2.79. The van der Waals surface area contributed by atoms with Gasteiger partial charge in [-0.1, -0.05) is 0 Å². The minimum atomic E-state index is -0.0349. The molecule has 0 radical (unpaired) electrons. The number of hydrogen-bond acceptors (Lipinski definition) is 4. The van der Waals surface area contributed by atoms with E-state index in [1.54, 1.807) is 12.1 Å². The third-order valence-corrected chi connectivity index (χ3v) is 2.92. The number of aliphatic hydroxyl groups is 2. The number of ether oxygens (including phenoxy) is 2. The van der Waals surface area contributed by atoms with Gasteiger partial charge in [-0.05, 0) is 44.0 Å². The number of rotatable bonds is 6. The Hall–Kier alpha value is -0.300. The highest BCUT2D eigenvalue weighted by Crippen LogP contribution is 2.36. The summed E-state index contributed by atoms with van der Waals surface area (Å²) in [6, 6.07) is 3.49. The molecule has 0 aliphatic carbocycles. The van der Waals surface area contributed by atoms with Gasteiger partial charge in [0, 0.05) is 0 Å². The first kappa shape index (κ1) is 13.8. The van der Waals surface area contributed by atoms with E-state index in [4.69, 9.17) is 19.7 Å². The molecule has 1 rings (SSSR count). The molecule has 6 heteroatoms. The first-order valence-corrected chi connectivity index (χ1v) is 6.24. The Morgan fingerprint density at radius 2 is 1.25 bits per heavy atom. The Bertz CT molecular complexity index is 310. The lowest BCUT2D eigenvalue weighted by Crippen LogP contribution is -2.04. The molecular formula is C10H12Br2O4. The number of benzene rings is 1. The van der Waals surface area contributed by atoms with Crippen molar-refractivity contribution in [3.8, 4) is 11.5 Å². The van der Waals surface area contributed by atoms with Gasteiger partial charge in [-0.2, -0.15) is 0 Å². The highest BCUT2D eigenvalue weighted by molar-refractivity contribution is 9.11. The minimum absolute atomic E-state index is 0.0349. The molecule has 16 heavy (non-hydrogen) atoms. The SMILES string of the molecule is OCCOc1cc(Br)c(OCCO)cc1Br. The maximum Gasteiger partial charge on any atom is 0.134 e. The Morgan fingerprint density at radius 3 is 1.56 bits per heavy atom. The van der Waals surface area contributed by atoms with Crippen molar-refractivity contribution in [2.75, 3.05) is 26.4 Å².